The Labute approximate surface area is 170 Å². The van der Waals surface area contributed by atoms with Gasteiger partial charge in [0.05, 0.1) is 5.56 Å². The molecule has 0 saturated heterocycles. The standard InChI is InChI=1S/C22H24N4OS/c1-14-10-15(2)12-18(11-14)23-22(28)25-24-21(27)20-13-16(3)26(17(20)4)19-8-6-5-7-9-19/h5-13H,1-4H3,(H,24,27)(H2,23,25,28). The van der Waals surface area contributed by atoms with Crippen LogP contribution in [0.5, 0.6) is 0 Å². The van der Waals surface area contributed by atoms with E-state index >= 15 is 0 Å². The summed E-state index contributed by atoms with van der Waals surface area (Å²) in [5.74, 6) is -0.236. The monoisotopic (exact) mass is 392 g/mol. The maximum absolute atomic E-state index is 12.7. The van der Waals surface area contributed by atoms with Crippen molar-refractivity contribution in [2.24, 2.45) is 0 Å². The topological polar surface area (TPSA) is 58.1 Å². The van der Waals surface area contributed by atoms with Crippen molar-refractivity contribution >= 4 is 28.9 Å². The molecule has 1 amide bonds. The molecule has 0 spiro atoms. The average molecular weight is 393 g/mol. The highest BCUT2D eigenvalue weighted by atomic mass is 32.1. The van der Waals surface area contributed by atoms with Gasteiger partial charge in [0.25, 0.3) is 5.91 Å². The quantitative estimate of drug-likeness (QED) is 0.458. The van der Waals surface area contributed by atoms with Crippen LogP contribution in [0.3, 0.4) is 0 Å². The summed E-state index contributed by atoms with van der Waals surface area (Å²) < 4.78 is 2.06. The van der Waals surface area contributed by atoms with E-state index in [2.05, 4.69) is 26.8 Å². The molecular weight excluding hydrogens is 368 g/mol. The minimum atomic E-state index is -0.236. The number of amides is 1. The molecule has 0 atom stereocenters. The Hall–Kier alpha value is -3.12. The highest BCUT2D eigenvalue weighted by Gasteiger charge is 2.16. The van der Waals surface area contributed by atoms with Crippen LogP contribution in [-0.4, -0.2) is 15.6 Å². The van der Waals surface area contributed by atoms with Gasteiger partial charge in [0.15, 0.2) is 5.11 Å². The van der Waals surface area contributed by atoms with Crippen LogP contribution < -0.4 is 16.2 Å². The highest BCUT2D eigenvalue weighted by Crippen LogP contribution is 2.20. The van der Waals surface area contributed by atoms with Crippen LogP contribution in [0.4, 0.5) is 5.69 Å². The van der Waals surface area contributed by atoms with Gasteiger partial charge in [-0.3, -0.25) is 15.6 Å². The van der Waals surface area contributed by atoms with E-state index in [1.165, 1.54) is 0 Å². The third-order valence-corrected chi connectivity index (χ3v) is 4.66. The average Bonchev–Trinajstić information content (AvgIpc) is 2.94. The summed E-state index contributed by atoms with van der Waals surface area (Å²) in [6.07, 6.45) is 0. The third kappa shape index (κ3) is 4.40. The molecule has 0 aliphatic rings. The number of nitrogens with one attached hydrogen (secondary N) is 3. The lowest BCUT2D eigenvalue weighted by molar-refractivity contribution is 0.0943. The number of hydrazine groups is 1. The molecule has 0 saturated carbocycles. The fraction of sp³-hybridized carbons (Fsp3) is 0.182. The van der Waals surface area contributed by atoms with Crippen LogP contribution >= 0.6 is 12.2 Å². The Bertz CT molecular complexity index is 1000. The number of aryl methyl sites for hydroxylation is 3. The summed E-state index contributed by atoms with van der Waals surface area (Å²) in [7, 11) is 0. The predicted molar refractivity (Wildman–Crippen MR) is 118 cm³/mol. The third-order valence-electron chi connectivity index (χ3n) is 4.46. The lowest BCUT2D eigenvalue weighted by Gasteiger charge is -2.13. The van der Waals surface area contributed by atoms with Crippen molar-refractivity contribution in [2.45, 2.75) is 27.7 Å². The molecule has 0 aliphatic heterocycles. The normalized spacial score (nSPS) is 10.4. The number of thiocarbonyl (C=S) groups is 1. The Balaban J connectivity index is 1.67. The molecular formula is C22H24N4OS. The Kier molecular flexibility index (Phi) is 5.80. The Morgan fingerprint density at radius 3 is 2.18 bits per heavy atom. The first-order valence-electron chi connectivity index (χ1n) is 9.05. The maximum atomic E-state index is 12.7. The van der Waals surface area contributed by atoms with Gasteiger partial charge in [-0.05, 0) is 81.4 Å². The second-order valence-corrected chi connectivity index (χ2v) is 7.27. The van der Waals surface area contributed by atoms with Gasteiger partial charge in [-0.25, -0.2) is 0 Å². The number of benzene rings is 2. The second-order valence-electron chi connectivity index (χ2n) is 6.87. The molecule has 0 bridgehead atoms. The first kappa shape index (κ1) is 19.6. The van der Waals surface area contributed by atoms with Gasteiger partial charge < -0.3 is 9.88 Å². The number of carbonyl (C=O) groups excluding carboxylic acids is 1. The number of carbonyl (C=O) groups is 1. The molecule has 3 rings (SSSR count). The van der Waals surface area contributed by atoms with E-state index in [0.29, 0.717) is 10.7 Å². The summed E-state index contributed by atoms with van der Waals surface area (Å²) in [6.45, 7) is 7.97. The number of para-hydroxylation sites is 1. The summed E-state index contributed by atoms with van der Waals surface area (Å²) in [5.41, 5.74) is 12.1. The molecule has 144 valence electrons. The minimum absolute atomic E-state index is 0.236. The van der Waals surface area contributed by atoms with Gasteiger partial charge in [0.1, 0.15) is 0 Å². The zero-order chi connectivity index (χ0) is 20.3. The molecule has 1 aromatic heterocycles. The van der Waals surface area contributed by atoms with E-state index in [-0.39, 0.29) is 5.91 Å². The predicted octanol–water partition coefficient (Wildman–Crippen LogP) is 4.34. The van der Waals surface area contributed by atoms with Crippen molar-refractivity contribution < 1.29 is 4.79 Å². The molecule has 0 aliphatic carbocycles. The Morgan fingerprint density at radius 1 is 0.893 bits per heavy atom. The van der Waals surface area contributed by atoms with Gasteiger partial charge in [-0.2, -0.15) is 0 Å². The smallest absolute Gasteiger partial charge is 0.271 e. The van der Waals surface area contributed by atoms with Crippen molar-refractivity contribution in [3.8, 4) is 5.69 Å². The van der Waals surface area contributed by atoms with Crippen LogP contribution in [0.2, 0.25) is 0 Å². The van der Waals surface area contributed by atoms with E-state index in [1.807, 2.05) is 76.2 Å². The van der Waals surface area contributed by atoms with Crippen LogP contribution in [0.15, 0.2) is 54.6 Å². The minimum Gasteiger partial charge on any atom is -0.331 e. The molecule has 6 heteroatoms. The number of anilines is 1. The molecule has 3 N–H and O–H groups in total. The van der Waals surface area contributed by atoms with Gasteiger partial charge in [-0.1, -0.05) is 24.3 Å². The van der Waals surface area contributed by atoms with Gasteiger partial charge in [0, 0.05) is 22.8 Å². The van der Waals surface area contributed by atoms with Crippen LogP contribution in [0.1, 0.15) is 32.9 Å². The second kappa shape index (κ2) is 8.27. The van der Waals surface area contributed by atoms with Crippen molar-refractivity contribution in [1.82, 2.24) is 15.4 Å². The number of rotatable bonds is 3. The highest BCUT2D eigenvalue weighted by molar-refractivity contribution is 7.80. The molecule has 1 heterocycles. The SMILES string of the molecule is Cc1cc(C)cc(NC(=S)NNC(=O)c2cc(C)n(-c3ccccc3)c2C)c1. The number of aromatic nitrogens is 1. The molecule has 0 unspecified atom stereocenters. The first-order valence-corrected chi connectivity index (χ1v) is 9.46. The largest absolute Gasteiger partial charge is 0.331 e. The summed E-state index contributed by atoms with van der Waals surface area (Å²) in [5, 5.41) is 3.42. The van der Waals surface area contributed by atoms with E-state index in [1.54, 1.807) is 0 Å². The van der Waals surface area contributed by atoms with Crippen molar-refractivity contribution in [3.63, 3.8) is 0 Å². The number of hydrogen-bond donors (Lipinski definition) is 3. The summed E-state index contributed by atoms with van der Waals surface area (Å²) >= 11 is 5.29. The molecule has 0 fully saturated rings. The Morgan fingerprint density at radius 2 is 1.54 bits per heavy atom. The van der Waals surface area contributed by atoms with Crippen LogP contribution in [0.25, 0.3) is 5.69 Å². The van der Waals surface area contributed by atoms with E-state index in [4.69, 9.17) is 12.2 Å². The summed E-state index contributed by atoms with van der Waals surface area (Å²) in [6, 6.07) is 17.9. The molecule has 5 nitrogen and oxygen atoms in total. The lowest BCUT2D eigenvalue weighted by atomic mass is 10.1. The van der Waals surface area contributed by atoms with Crippen molar-refractivity contribution in [1.29, 1.82) is 0 Å². The van der Waals surface area contributed by atoms with E-state index in [0.717, 1.165) is 33.9 Å². The number of hydrogen-bond acceptors (Lipinski definition) is 2. The van der Waals surface area contributed by atoms with E-state index in [9.17, 15) is 4.79 Å². The van der Waals surface area contributed by atoms with Crippen LogP contribution in [0, 0.1) is 27.7 Å². The van der Waals surface area contributed by atoms with Crippen molar-refractivity contribution in [3.05, 3.63) is 82.7 Å². The summed E-state index contributed by atoms with van der Waals surface area (Å²) in [4.78, 5) is 12.7. The zero-order valence-electron chi connectivity index (χ0n) is 16.5. The molecule has 3 aromatic rings. The fourth-order valence-corrected chi connectivity index (χ4v) is 3.53. The first-order chi connectivity index (χ1) is 13.3. The molecule has 2 aromatic carbocycles. The van der Waals surface area contributed by atoms with Gasteiger partial charge >= 0.3 is 0 Å². The number of nitrogens with zero attached hydrogens (tertiary/aromatic N) is 1. The zero-order valence-corrected chi connectivity index (χ0v) is 17.3. The maximum Gasteiger partial charge on any atom is 0.271 e. The molecule has 28 heavy (non-hydrogen) atoms. The van der Waals surface area contributed by atoms with Crippen LogP contribution in [-0.2, 0) is 0 Å². The lowest BCUT2D eigenvalue weighted by Crippen LogP contribution is -2.43. The molecule has 0 radical (unpaired) electrons. The van der Waals surface area contributed by atoms with Gasteiger partial charge in [0.2, 0.25) is 0 Å². The fourth-order valence-electron chi connectivity index (χ4n) is 3.36. The van der Waals surface area contributed by atoms with E-state index < -0.39 is 0 Å². The van der Waals surface area contributed by atoms with Crippen molar-refractivity contribution in [2.75, 3.05) is 5.32 Å². The van der Waals surface area contributed by atoms with Gasteiger partial charge in [-0.15, -0.1) is 0 Å².